The Labute approximate surface area is 650 Å². The molecule has 107 heavy (non-hydrogen) atoms. The lowest BCUT2D eigenvalue weighted by atomic mass is 10.0. The predicted molar refractivity (Wildman–Crippen MR) is 445 cm³/mol. The van der Waals surface area contributed by atoms with Crippen molar-refractivity contribution < 1.29 is 75.8 Å². The Balaban J connectivity index is 4.58. The van der Waals surface area contributed by atoms with Crippen molar-refractivity contribution in [3.8, 4) is 0 Å². The Kier molecular flexibility index (Phi) is 76.6. The Morgan fingerprint density at radius 1 is 0.271 bits per heavy atom. The molecule has 0 amide bonds. The van der Waals surface area contributed by atoms with E-state index in [1.165, 1.54) is 103 Å². The Morgan fingerprint density at radius 2 is 0.505 bits per heavy atom. The van der Waals surface area contributed by atoms with Gasteiger partial charge in [0.15, 0.2) is 6.10 Å². The highest BCUT2D eigenvalue weighted by molar-refractivity contribution is 7.47. The molecule has 16 nitrogen and oxygen atoms in total. The Bertz CT molecular complexity index is 2620. The van der Waals surface area contributed by atoms with Crippen LogP contribution in [0.2, 0.25) is 0 Å². The summed E-state index contributed by atoms with van der Waals surface area (Å²) in [4.78, 5) is 58.7. The van der Waals surface area contributed by atoms with E-state index in [9.17, 15) is 43.5 Å². The van der Waals surface area contributed by atoms with Crippen molar-refractivity contribution >= 4 is 33.6 Å². The van der Waals surface area contributed by atoms with Crippen LogP contribution in [0.15, 0.2) is 170 Å². The van der Waals surface area contributed by atoms with Gasteiger partial charge < -0.3 is 34.2 Å². The van der Waals surface area contributed by atoms with Gasteiger partial charge in [-0.15, -0.1) is 0 Å². The summed E-state index contributed by atoms with van der Waals surface area (Å²) in [6.45, 7) is 2.35. The third-order valence-electron chi connectivity index (χ3n) is 16.9. The van der Waals surface area contributed by atoms with Gasteiger partial charge >= 0.3 is 33.6 Å². The number of allylic oxidation sites excluding steroid dienone is 28. The number of phosphoric ester groups is 2. The van der Waals surface area contributed by atoms with Gasteiger partial charge in [-0.05, 0) is 148 Å². The van der Waals surface area contributed by atoms with Crippen LogP contribution in [0.1, 0.15) is 316 Å². The maximum atomic E-state index is 13.0. The number of aliphatic hydroxyl groups is 2. The highest BCUT2D eigenvalue weighted by atomic mass is 31.2. The fraction of sp³-hybridized carbons (Fsp3) is 0.652. The number of carbonyl (C=O) groups excluding carboxylic acids is 3. The summed E-state index contributed by atoms with van der Waals surface area (Å²) in [6, 6.07) is 0. The van der Waals surface area contributed by atoms with Gasteiger partial charge in [-0.25, -0.2) is 9.13 Å². The van der Waals surface area contributed by atoms with Crippen molar-refractivity contribution in [2.24, 2.45) is 0 Å². The average Bonchev–Trinajstić information content (AvgIpc) is 0.927. The second-order valence-corrected chi connectivity index (χ2v) is 30.1. The van der Waals surface area contributed by atoms with Crippen molar-refractivity contribution in [1.82, 2.24) is 0 Å². The monoisotopic (exact) mass is 1540 g/mol. The van der Waals surface area contributed by atoms with Gasteiger partial charge in [-0.1, -0.05) is 319 Å². The van der Waals surface area contributed by atoms with Gasteiger partial charge in [0.1, 0.15) is 25.4 Å². The summed E-state index contributed by atoms with van der Waals surface area (Å²) >= 11 is 0. The van der Waals surface area contributed by atoms with Crippen molar-refractivity contribution in [3.05, 3.63) is 170 Å². The maximum absolute atomic E-state index is 13.0. The van der Waals surface area contributed by atoms with Crippen molar-refractivity contribution in [3.63, 3.8) is 0 Å². The van der Waals surface area contributed by atoms with E-state index in [-0.39, 0.29) is 19.3 Å². The third-order valence-corrected chi connectivity index (χ3v) is 18.8. The number of hydrogen-bond donors (Lipinski definition) is 4. The van der Waals surface area contributed by atoms with E-state index in [0.717, 1.165) is 148 Å². The van der Waals surface area contributed by atoms with Gasteiger partial charge in [0.05, 0.1) is 26.4 Å². The third kappa shape index (κ3) is 81.7. The van der Waals surface area contributed by atoms with E-state index in [2.05, 4.69) is 179 Å². The molecule has 0 saturated heterocycles. The second-order valence-electron chi connectivity index (χ2n) is 27.2. The normalized spacial score (nSPS) is 14.8. The zero-order chi connectivity index (χ0) is 78.0. The topological polar surface area (TPSA) is 231 Å². The molecule has 5 atom stereocenters. The zero-order valence-electron chi connectivity index (χ0n) is 66.7. The highest BCUT2D eigenvalue weighted by Gasteiger charge is 2.29. The van der Waals surface area contributed by atoms with E-state index in [1.807, 2.05) is 12.2 Å². The number of hydrogen-bond acceptors (Lipinski definition) is 14. The fourth-order valence-corrected chi connectivity index (χ4v) is 12.3. The molecular formula is C89H148O16P2. The van der Waals surface area contributed by atoms with Gasteiger partial charge in [0.2, 0.25) is 0 Å². The highest BCUT2D eigenvalue weighted by Crippen LogP contribution is 2.45. The molecule has 0 spiro atoms. The van der Waals surface area contributed by atoms with Crippen molar-refractivity contribution in [2.75, 3.05) is 39.6 Å². The van der Waals surface area contributed by atoms with Gasteiger partial charge in [0, 0.05) is 19.3 Å². The second kappa shape index (κ2) is 80.4. The SMILES string of the molecule is CC/C=C\C/C=C\C/C=C\C/C=C\C/C=C\CCCCCCCCCC(=O)OCC(COP(=O)(O)OCC(O)COP(=O)(O)OCC(O)COC(=O)CCCCCCCCCCCCCCCCC/C=C\C/C=C\C/C=C\C/C=C\CCCCC)OC(=O)CCC/C=C\C/C=C\C/C=C\C/C=C\C/C=C\CC. The Hall–Kier alpha value is -5.09. The van der Waals surface area contributed by atoms with Gasteiger partial charge in [-0.2, -0.15) is 0 Å². The molecule has 4 N–H and O–H groups in total. The molecule has 18 heteroatoms. The van der Waals surface area contributed by atoms with Gasteiger partial charge in [0.25, 0.3) is 0 Å². The molecule has 5 unspecified atom stereocenters. The summed E-state index contributed by atoms with van der Waals surface area (Å²) in [7, 11) is -9.83. The summed E-state index contributed by atoms with van der Waals surface area (Å²) in [6.07, 6.45) is 103. The molecule has 0 aliphatic heterocycles. The molecule has 0 bridgehead atoms. The summed E-state index contributed by atoms with van der Waals surface area (Å²) in [5.41, 5.74) is 0. The number of ether oxygens (including phenoxy) is 3. The van der Waals surface area contributed by atoms with E-state index >= 15 is 0 Å². The van der Waals surface area contributed by atoms with Crippen LogP contribution in [0.5, 0.6) is 0 Å². The number of aliphatic hydroxyl groups excluding tert-OH is 2. The molecule has 0 rings (SSSR count). The number of carbonyl (C=O) groups is 3. The first-order chi connectivity index (χ1) is 52.2. The molecular weight excluding hydrogens is 1390 g/mol. The molecule has 0 aromatic rings. The fourth-order valence-electron chi connectivity index (χ4n) is 10.7. The molecule has 0 aromatic heterocycles. The van der Waals surface area contributed by atoms with E-state index in [0.29, 0.717) is 25.7 Å². The van der Waals surface area contributed by atoms with Crippen LogP contribution in [0.25, 0.3) is 0 Å². The largest absolute Gasteiger partial charge is 0.472 e. The number of phosphoric acid groups is 2. The van der Waals surface area contributed by atoms with Crippen LogP contribution in [0.4, 0.5) is 0 Å². The summed E-state index contributed by atoms with van der Waals surface area (Å²) in [5, 5.41) is 20.7. The first-order valence-corrected chi connectivity index (χ1v) is 44.4. The minimum atomic E-state index is -4.96. The standard InChI is InChI=1S/C89H148O16P2/c1-4-7-10-13-16-19-22-25-28-31-33-35-37-38-39-40-41-42-43-44-46-48-49-52-54-57-60-63-66-69-72-75-87(92)99-78-84(90)79-101-106(95,96)102-80-85(91)81-103-107(97,98)104-83-86(105-89(94)77-74-71-68-65-62-59-56-51-30-27-24-21-18-15-12-9-6-3)82-100-88(93)76-73-70-67-64-61-58-55-53-50-47-45-36-34-32-29-26-23-20-17-14-11-8-5-2/h8-9,11-12,16-21,25-30,33-36,38-39,47,50,56,59,65,68,84-86,90-91H,4-7,10,13-15,22-24,31-32,37,40-46,48-49,51-55,57-58,60-64,66-67,69-83H2,1-3H3,(H,95,96)(H,97,98)/b11-8-,12-9-,19-16-,20-17-,21-18-,28-25-,29-26-,30-27-,35-33-,36-34-,39-38-,50-47-,59-56-,68-65-. The zero-order valence-corrected chi connectivity index (χ0v) is 68.5. The van der Waals surface area contributed by atoms with Crippen LogP contribution < -0.4 is 0 Å². The minimum Gasteiger partial charge on any atom is -0.463 e. The molecule has 610 valence electrons. The lowest BCUT2D eigenvalue weighted by molar-refractivity contribution is -0.161. The van der Waals surface area contributed by atoms with Gasteiger partial charge in [-0.3, -0.25) is 32.5 Å². The number of unbranched alkanes of at least 4 members (excludes halogenated alkanes) is 26. The number of rotatable bonds is 77. The van der Waals surface area contributed by atoms with Crippen LogP contribution >= 0.6 is 15.6 Å². The Morgan fingerprint density at radius 3 is 0.813 bits per heavy atom. The molecule has 0 aromatic carbocycles. The average molecular weight is 1540 g/mol. The molecule has 0 heterocycles. The smallest absolute Gasteiger partial charge is 0.463 e. The van der Waals surface area contributed by atoms with Crippen LogP contribution in [0, 0.1) is 0 Å². The minimum absolute atomic E-state index is 0.0178. The van der Waals surface area contributed by atoms with Crippen LogP contribution in [0.3, 0.4) is 0 Å². The molecule has 0 fully saturated rings. The lowest BCUT2D eigenvalue weighted by Crippen LogP contribution is -2.30. The summed E-state index contributed by atoms with van der Waals surface area (Å²) < 4.78 is 61.2. The van der Waals surface area contributed by atoms with Crippen LogP contribution in [-0.4, -0.2) is 95.9 Å². The first kappa shape index (κ1) is 102. The van der Waals surface area contributed by atoms with Crippen molar-refractivity contribution in [2.45, 2.75) is 334 Å². The molecule has 0 aliphatic carbocycles. The predicted octanol–water partition coefficient (Wildman–Crippen LogP) is 24.8. The van der Waals surface area contributed by atoms with E-state index in [4.69, 9.17) is 32.3 Å². The quantitative estimate of drug-likeness (QED) is 0.0146. The van der Waals surface area contributed by atoms with E-state index in [1.54, 1.807) is 0 Å². The molecule has 0 saturated carbocycles. The number of esters is 3. The van der Waals surface area contributed by atoms with Crippen molar-refractivity contribution in [1.29, 1.82) is 0 Å². The molecule has 0 radical (unpaired) electrons. The lowest BCUT2D eigenvalue weighted by Gasteiger charge is -2.21. The molecule has 0 aliphatic rings. The first-order valence-electron chi connectivity index (χ1n) is 41.4. The summed E-state index contributed by atoms with van der Waals surface area (Å²) in [5.74, 6) is -1.66. The van der Waals surface area contributed by atoms with Crippen LogP contribution in [-0.2, 0) is 55.8 Å². The maximum Gasteiger partial charge on any atom is 0.472 e. The van der Waals surface area contributed by atoms with E-state index < -0.39 is 91.5 Å².